The second kappa shape index (κ2) is 5.74. The number of nitrogens with zero attached hydrogens (tertiary/aromatic N) is 4. The normalized spacial score (nSPS) is 17.8. The van der Waals surface area contributed by atoms with Gasteiger partial charge in [0, 0.05) is 44.6 Å². The molecule has 3 aromatic heterocycles. The zero-order chi connectivity index (χ0) is 14.9. The predicted molar refractivity (Wildman–Crippen MR) is 85.9 cm³/mol. The Balaban J connectivity index is 1.40. The third kappa shape index (κ3) is 2.51. The smallest absolute Gasteiger partial charge is 0.152 e. The van der Waals surface area contributed by atoms with Crippen LogP contribution in [0, 0.1) is 5.92 Å². The summed E-state index contributed by atoms with van der Waals surface area (Å²) in [5, 5.41) is 4.12. The Bertz CT molecular complexity index is 791. The van der Waals surface area contributed by atoms with Gasteiger partial charge in [0.15, 0.2) is 5.15 Å². The third-order valence-corrected chi connectivity index (χ3v) is 4.64. The average molecular weight is 316 g/mol. The van der Waals surface area contributed by atoms with Crippen LogP contribution in [0.5, 0.6) is 0 Å². The van der Waals surface area contributed by atoms with Gasteiger partial charge in [0.05, 0.1) is 5.69 Å². The van der Waals surface area contributed by atoms with Crippen LogP contribution >= 0.6 is 11.6 Å². The van der Waals surface area contributed by atoms with E-state index in [1.165, 1.54) is 12.2 Å². The fourth-order valence-electron chi connectivity index (χ4n) is 3.17. The fourth-order valence-corrected chi connectivity index (χ4v) is 3.42. The number of pyridine rings is 1. The van der Waals surface area contributed by atoms with Gasteiger partial charge in [-0.25, -0.2) is 9.97 Å². The minimum Gasteiger partial charge on any atom is -0.335 e. The summed E-state index contributed by atoms with van der Waals surface area (Å²) in [6.45, 7) is 2.76. The van der Waals surface area contributed by atoms with Crippen LogP contribution in [0.3, 0.4) is 0 Å². The maximum absolute atomic E-state index is 6.26. The van der Waals surface area contributed by atoms with Gasteiger partial charge in [-0.15, -0.1) is 0 Å². The van der Waals surface area contributed by atoms with Crippen molar-refractivity contribution in [3.05, 3.63) is 53.5 Å². The van der Waals surface area contributed by atoms with Crippen molar-refractivity contribution in [3.63, 3.8) is 0 Å². The van der Waals surface area contributed by atoms with E-state index in [2.05, 4.69) is 26.0 Å². The van der Waals surface area contributed by atoms with Gasteiger partial charge in [-0.05, 0) is 24.5 Å². The largest absolute Gasteiger partial charge is 0.335 e. The first kappa shape index (κ1) is 13.8. The molecule has 0 unspecified atom stereocenters. The lowest BCUT2D eigenvalue weighted by Crippen LogP contribution is -2.30. The number of nitrogens with one attached hydrogen (secondary N) is 1. The van der Waals surface area contributed by atoms with Crippen LogP contribution in [-0.4, -0.2) is 25.5 Å². The second-order valence-corrected chi connectivity index (χ2v) is 6.17. The molecule has 0 radical (unpaired) electrons. The van der Waals surface area contributed by atoms with E-state index >= 15 is 0 Å². The van der Waals surface area contributed by atoms with Crippen LogP contribution in [0.1, 0.15) is 17.9 Å². The number of halogens is 1. The maximum Gasteiger partial charge on any atom is 0.152 e. The average Bonchev–Trinajstić information content (AvgIpc) is 3.11. The lowest BCUT2D eigenvalue weighted by atomic mass is 9.99. The predicted octanol–water partition coefficient (Wildman–Crippen LogP) is 2.54. The number of rotatable bonds is 4. The van der Waals surface area contributed by atoms with E-state index in [0.717, 1.165) is 37.4 Å². The first-order valence-electron chi connectivity index (χ1n) is 7.63. The van der Waals surface area contributed by atoms with Crippen molar-refractivity contribution >= 4 is 17.2 Å². The second-order valence-electron chi connectivity index (χ2n) is 5.81. The van der Waals surface area contributed by atoms with Crippen LogP contribution in [0.4, 0.5) is 0 Å². The Kier molecular flexibility index (Phi) is 3.60. The third-order valence-electron chi connectivity index (χ3n) is 4.34. The van der Waals surface area contributed by atoms with Crippen molar-refractivity contribution in [1.29, 1.82) is 0 Å². The fraction of sp³-hybridized carbons (Fsp3) is 0.375. The summed E-state index contributed by atoms with van der Waals surface area (Å²) in [6, 6.07) is 5.94. The first-order chi connectivity index (χ1) is 10.8. The Morgan fingerprint density at radius 2 is 2.27 bits per heavy atom. The summed E-state index contributed by atoms with van der Waals surface area (Å²) < 4.78 is 4.31. The van der Waals surface area contributed by atoms with Crippen molar-refractivity contribution in [3.8, 4) is 0 Å². The standard InChI is InChI=1S/C16H18ClN5/c17-16-13(22-7-2-1-3-15(22)20-16)10-18-9-12-4-5-14-19-6-8-21(14)11-12/h1-3,6-8,12,18H,4-5,9-11H2/t12-/m0/s1. The molecule has 3 aromatic rings. The zero-order valence-corrected chi connectivity index (χ0v) is 13.0. The summed E-state index contributed by atoms with van der Waals surface area (Å²) in [5.74, 6) is 1.85. The zero-order valence-electron chi connectivity index (χ0n) is 12.2. The van der Waals surface area contributed by atoms with Gasteiger partial charge in [-0.2, -0.15) is 0 Å². The van der Waals surface area contributed by atoms with E-state index in [1.807, 2.05) is 35.0 Å². The molecule has 1 aliphatic heterocycles. The van der Waals surface area contributed by atoms with Gasteiger partial charge in [-0.3, -0.25) is 0 Å². The summed E-state index contributed by atoms with van der Waals surface area (Å²) in [4.78, 5) is 8.75. The number of hydrogen-bond donors (Lipinski definition) is 1. The summed E-state index contributed by atoms with van der Waals surface area (Å²) in [6.07, 6.45) is 8.22. The number of fused-ring (bicyclic) bond motifs is 2. The molecule has 0 fully saturated rings. The van der Waals surface area contributed by atoms with Crippen molar-refractivity contribution < 1.29 is 0 Å². The number of aryl methyl sites for hydroxylation is 1. The molecule has 1 N–H and O–H groups in total. The van der Waals surface area contributed by atoms with E-state index in [9.17, 15) is 0 Å². The van der Waals surface area contributed by atoms with E-state index in [0.29, 0.717) is 11.1 Å². The summed E-state index contributed by atoms with van der Waals surface area (Å²) in [7, 11) is 0. The molecular weight excluding hydrogens is 298 g/mol. The topological polar surface area (TPSA) is 47.1 Å². The molecular formula is C16H18ClN5. The molecule has 1 atom stereocenters. The van der Waals surface area contributed by atoms with E-state index < -0.39 is 0 Å². The molecule has 0 spiro atoms. The van der Waals surface area contributed by atoms with Crippen LogP contribution in [0.15, 0.2) is 36.8 Å². The van der Waals surface area contributed by atoms with Gasteiger partial charge in [0.1, 0.15) is 11.5 Å². The van der Waals surface area contributed by atoms with Gasteiger partial charge in [-0.1, -0.05) is 17.7 Å². The van der Waals surface area contributed by atoms with Gasteiger partial charge >= 0.3 is 0 Å². The Hall–Kier alpha value is -1.85. The lowest BCUT2D eigenvalue weighted by molar-refractivity contribution is 0.347. The van der Waals surface area contributed by atoms with Crippen LogP contribution in [0.2, 0.25) is 5.15 Å². The number of aromatic nitrogens is 4. The molecule has 0 bridgehead atoms. The molecule has 22 heavy (non-hydrogen) atoms. The van der Waals surface area contributed by atoms with Crippen molar-refractivity contribution in [1.82, 2.24) is 24.3 Å². The highest BCUT2D eigenvalue weighted by Gasteiger charge is 2.18. The molecule has 4 heterocycles. The van der Waals surface area contributed by atoms with Gasteiger partial charge < -0.3 is 14.3 Å². The van der Waals surface area contributed by atoms with Crippen LogP contribution in [-0.2, 0) is 19.5 Å². The Labute approximate surface area is 134 Å². The highest BCUT2D eigenvalue weighted by molar-refractivity contribution is 6.30. The molecule has 4 rings (SSSR count). The van der Waals surface area contributed by atoms with Crippen molar-refractivity contribution in [2.75, 3.05) is 6.54 Å². The summed E-state index contributed by atoms with van der Waals surface area (Å²) in [5.41, 5.74) is 1.92. The molecule has 0 aliphatic carbocycles. The number of hydrogen-bond acceptors (Lipinski definition) is 3. The summed E-state index contributed by atoms with van der Waals surface area (Å²) >= 11 is 6.26. The maximum atomic E-state index is 6.26. The van der Waals surface area contributed by atoms with Crippen molar-refractivity contribution in [2.45, 2.75) is 25.9 Å². The van der Waals surface area contributed by atoms with Crippen LogP contribution in [0.25, 0.3) is 5.65 Å². The van der Waals surface area contributed by atoms with E-state index in [1.54, 1.807) is 0 Å². The Morgan fingerprint density at radius 1 is 1.32 bits per heavy atom. The molecule has 0 saturated heterocycles. The SMILES string of the molecule is Clc1nc2ccccn2c1CNC[C@@H]1CCc2nccn2C1. The van der Waals surface area contributed by atoms with E-state index in [-0.39, 0.29) is 0 Å². The minimum atomic E-state index is 0.583. The number of imidazole rings is 2. The molecule has 0 saturated carbocycles. The monoisotopic (exact) mass is 315 g/mol. The lowest BCUT2D eigenvalue weighted by Gasteiger charge is -2.24. The van der Waals surface area contributed by atoms with E-state index in [4.69, 9.17) is 11.6 Å². The first-order valence-corrected chi connectivity index (χ1v) is 8.01. The highest BCUT2D eigenvalue weighted by Crippen LogP contribution is 2.19. The quantitative estimate of drug-likeness (QED) is 0.805. The molecule has 5 nitrogen and oxygen atoms in total. The van der Waals surface area contributed by atoms with Gasteiger partial charge in [0.2, 0.25) is 0 Å². The van der Waals surface area contributed by atoms with Crippen LogP contribution < -0.4 is 5.32 Å². The molecule has 0 aromatic carbocycles. The molecule has 114 valence electrons. The van der Waals surface area contributed by atoms with Crippen molar-refractivity contribution in [2.24, 2.45) is 5.92 Å². The molecule has 0 amide bonds. The minimum absolute atomic E-state index is 0.583. The van der Waals surface area contributed by atoms with Gasteiger partial charge in [0.25, 0.3) is 0 Å². The molecule has 6 heteroatoms. The molecule has 1 aliphatic rings. The Morgan fingerprint density at radius 3 is 3.23 bits per heavy atom. The highest BCUT2D eigenvalue weighted by atomic mass is 35.5.